The summed E-state index contributed by atoms with van der Waals surface area (Å²) in [5.41, 5.74) is 0.501. The molecule has 1 fully saturated rings. The maximum Gasteiger partial charge on any atom is 0.328 e. The Kier molecular flexibility index (Phi) is 5.79. The summed E-state index contributed by atoms with van der Waals surface area (Å²) < 4.78 is 32.5. The number of carbonyl (C=O) groups is 1. The molecule has 0 spiro atoms. The Morgan fingerprint density at radius 1 is 1.22 bits per heavy atom. The van der Waals surface area contributed by atoms with Gasteiger partial charge in [0.1, 0.15) is 10.6 Å². The second-order valence-electron chi connectivity index (χ2n) is 5.40. The highest BCUT2D eigenvalue weighted by Crippen LogP contribution is 2.29. The number of hydrogen-bond donors (Lipinski definition) is 1. The molecule has 7 heteroatoms. The fraction of sp³-hybridized carbons (Fsp3) is 0.438. The van der Waals surface area contributed by atoms with E-state index in [2.05, 4.69) is 0 Å². The lowest BCUT2D eigenvalue weighted by molar-refractivity contribution is -0.131. The molecule has 23 heavy (non-hydrogen) atoms. The van der Waals surface area contributed by atoms with E-state index < -0.39 is 16.0 Å². The molecule has 0 amide bonds. The number of hydrogen-bond acceptors (Lipinski definition) is 4. The van der Waals surface area contributed by atoms with Crippen LogP contribution in [0.15, 0.2) is 29.2 Å². The largest absolute Gasteiger partial charge is 0.495 e. The molecule has 0 atom stereocenters. The third-order valence-corrected chi connectivity index (χ3v) is 5.71. The second-order valence-corrected chi connectivity index (χ2v) is 7.31. The molecule has 1 aliphatic rings. The summed E-state index contributed by atoms with van der Waals surface area (Å²) in [5, 5.41) is 8.70. The van der Waals surface area contributed by atoms with E-state index in [4.69, 9.17) is 9.84 Å². The van der Waals surface area contributed by atoms with Crippen LogP contribution >= 0.6 is 0 Å². The van der Waals surface area contributed by atoms with Crippen LogP contribution in [0.1, 0.15) is 31.2 Å². The summed E-state index contributed by atoms with van der Waals surface area (Å²) >= 11 is 0. The Morgan fingerprint density at radius 2 is 1.87 bits per heavy atom. The van der Waals surface area contributed by atoms with Gasteiger partial charge in [-0.3, -0.25) is 0 Å². The van der Waals surface area contributed by atoms with Crippen LogP contribution < -0.4 is 4.74 Å². The van der Waals surface area contributed by atoms with Gasteiger partial charge in [-0.2, -0.15) is 4.31 Å². The monoisotopic (exact) mass is 339 g/mol. The van der Waals surface area contributed by atoms with E-state index in [1.165, 1.54) is 23.6 Å². The van der Waals surface area contributed by atoms with Crippen LogP contribution in [-0.2, 0) is 14.8 Å². The number of aliphatic carboxylic acids is 1. The van der Waals surface area contributed by atoms with E-state index in [9.17, 15) is 13.2 Å². The van der Waals surface area contributed by atoms with Crippen LogP contribution in [0, 0.1) is 0 Å². The van der Waals surface area contributed by atoms with Crippen molar-refractivity contribution in [3.05, 3.63) is 29.8 Å². The number of benzene rings is 1. The molecule has 0 bridgehead atoms. The Hall–Kier alpha value is -1.86. The van der Waals surface area contributed by atoms with E-state index in [1.807, 2.05) is 0 Å². The third-order valence-electron chi connectivity index (χ3n) is 3.79. The van der Waals surface area contributed by atoms with E-state index >= 15 is 0 Å². The lowest BCUT2D eigenvalue weighted by Gasteiger charge is -2.21. The van der Waals surface area contributed by atoms with Crippen molar-refractivity contribution in [1.29, 1.82) is 0 Å². The molecule has 1 N–H and O–H groups in total. The minimum atomic E-state index is -3.66. The minimum absolute atomic E-state index is 0.0782. The predicted octanol–water partition coefficient (Wildman–Crippen LogP) is 2.36. The number of rotatable bonds is 5. The van der Waals surface area contributed by atoms with Crippen molar-refractivity contribution in [3.63, 3.8) is 0 Å². The lowest BCUT2D eigenvalue weighted by Crippen LogP contribution is -2.32. The highest BCUT2D eigenvalue weighted by Gasteiger charge is 2.28. The van der Waals surface area contributed by atoms with Crippen molar-refractivity contribution in [3.8, 4) is 5.75 Å². The first-order chi connectivity index (χ1) is 10.9. The number of carboxylic acid groups (broad SMARTS) is 1. The SMILES string of the molecule is COc1ccc(/C=C/C(=O)O)cc1S(=O)(=O)N1CCCCCC1. The van der Waals surface area contributed by atoms with E-state index in [-0.39, 0.29) is 10.6 Å². The molecule has 1 saturated heterocycles. The molecule has 1 aromatic carbocycles. The molecular weight excluding hydrogens is 318 g/mol. The number of ether oxygens (including phenoxy) is 1. The van der Waals surface area contributed by atoms with Crippen LogP contribution in [0.2, 0.25) is 0 Å². The van der Waals surface area contributed by atoms with E-state index in [1.54, 1.807) is 12.1 Å². The molecule has 0 radical (unpaired) electrons. The average molecular weight is 339 g/mol. The van der Waals surface area contributed by atoms with Crippen molar-refractivity contribution < 1.29 is 23.1 Å². The van der Waals surface area contributed by atoms with Gasteiger partial charge >= 0.3 is 5.97 Å². The number of nitrogens with zero attached hydrogens (tertiary/aromatic N) is 1. The Balaban J connectivity index is 2.41. The van der Waals surface area contributed by atoms with Gasteiger partial charge in [0.2, 0.25) is 10.0 Å². The highest BCUT2D eigenvalue weighted by molar-refractivity contribution is 7.89. The molecule has 0 aliphatic carbocycles. The molecule has 0 saturated carbocycles. The molecule has 126 valence electrons. The zero-order valence-corrected chi connectivity index (χ0v) is 13.9. The first-order valence-corrected chi connectivity index (χ1v) is 8.98. The maximum absolute atomic E-state index is 12.9. The minimum Gasteiger partial charge on any atom is -0.495 e. The first-order valence-electron chi connectivity index (χ1n) is 7.54. The van der Waals surface area contributed by atoms with Crippen LogP contribution in [0.5, 0.6) is 5.75 Å². The Bertz CT molecular complexity index is 688. The van der Waals surface area contributed by atoms with Gasteiger partial charge < -0.3 is 9.84 Å². The van der Waals surface area contributed by atoms with Crippen LogP contribution in [0.3, 0.4) is 0 Å². The fourth-order valence-corrected chi connectivity index (χ4v) is 4.29. The molecule has 0 aromatic heterocycles. The third kappa shape index (κ3) is 4.33. The van der Waals surface area contributed by atoms with Crippen molar-refractivity contribution in [2.45, 2.75) is 30.6 Å². The number of sulfonamides is 1. The van der Waals surface area contributed by atoms with Gasteiger partial charge in [0.15, 0.2) is 0 Å². The quantitative estimate of drug-likeness (QED) is 0.833. The van der Waals surface area contributed by atoms with Gasteiger partial charge in [-0.1, -0.05) is 18.9 Å². The summed E-state index contributed by atoms with van der Waals surface area (Å²) in [7, 11) is -2.24. The number of carboxylic acids is 1. The fourth-order valence-electron chi connectivity index (χ4n) is 2.59. The molecule has 2 rings (SSSR count). The highest BCUT2D eigenvalue weighted by atomic mass is 32.2. The van der Waals surface area contributed by atoms with Crippen LogP contribution in [0.4, 0.5) is 0 Å². The predicted molar refractivity (Wildman–Crippen MR) is 86.9 cm³/mol. The topological polar surface area (TPSA) is 83.9 Å². The smallest absolute Gasteiger partial charge is 0.328 e. The van der Waals surface area contributed by atoms with Gasteiger partial charge in [-0.05, 0) is 36.6 Å². The normalized spacial score (nSPS) is 17.1. The molecule has 1 aromatic rings. The first kappa shape index (κ1) is 17.5. The van der Waals surface area contributed by atoms with Crippen molar-refractivity contribution in [1.82, 2.24) is 4.31 Å². The van der Waals surface area contributed by atoms with Crippen LogP contribution in [0.25, 0.3) is 6.08 Å². The molecular formula is C16H21NO5S. The summed E-state index contributed by atoms with van der Waals surface area (Å²) in [6.45, 7) is 1.00. The van der Waals surface area contributed by atoms with Gasteiger partial charge in [0, 0.05) is 19.2 Å². The Morgan fingerprint density at radius 3 is 2.43 bits per heavy atom. The van der Waals surface area contributed by atoms with Gasteiger partial charge in [-0.25, -0.2) is 13.2 Å². The summed E-state index contributed by atoms with van der Waals surface area (Å²) in [4.78, 5) is 10.7. The van der Waals surface area contributed by atoms with Crippen molar-refractivity contribution in [2.75, 3.05) is 20.2 Å². The summed E-state index contributed by atoms with van der Waals surface area (Å²) in [6.07, 6.45) is 6.10. The average Bonchev–Trinajstić information content (AvgIpc) is 2.82. The van der Waals surface area contributed by atoms with E-state index in [0.717, 1.165) is 31.8 Å². The van der Waals surface area contributed by atoms with Gasteiger partial charge in [0.05, 0.1) is 7.11 Å². The maximum atomic E-state index is 12.9. The molecule has 0 unspecified atom stereocenters. The van der Waals surface area contributed by atoms with Crippen molar-refractivity contribution in [2.24, 2.45) is 0 Å². The summed E-state index contributed by atoms with van der Waals surface area (Å²) in [6, 6.07) is 4.63. The van der Waals surface area contributed by atoms with Crippen molar-refractivity contribution >= 4 is 22.1 Å². The lowest BCUT2D eigenvalue weighted by atomic mass is 10.2. The number of methoxy groups -OCH3 is 1. The van der Waals surface area contributed by atoms with Crippen LogP contribution in [-0.4, -0.2) is 44.0 Å². The zero-order chi connectivity index (χ0) is 16.9. The zero-order valence-electron chi connectivity index (χ0n) is 13.1. The van der Waals surface area contributed by atoms with Gasteiger partial charge in [-0.15, -0.1) is 0 Å². The molecule has 6 nitrogen and oxygen atoms in total. The van der Waals surface area contributed by atoms with Gasteiger partial charge in [0.25, 0.3) is 0 Å². The summed E-state index contributed by atoms with van der Waals surface area (Å²) in [5.74, 6) is -0.820. The Labute approximate surface area is 136 Å². The molecule has 1 heterocycles. The molecule has 1 aliphatic heterocycles. The second kappa shape index (κ2) is 7.61. The standard InChI is InChI=1S/C16H21NO5S/c1-22-14-8-6-13(7-9-16(18)19)12-15(14)23(20,21)17-10-4-2-3-5-11-17/h6-9,12H,2-5,10-11H2,1H3,(H,18,19)/b9-7+. The van der Waals surface area contributed by atoms with E-state index in [0.29, 0.717) is 18.7 Å².